The number of para-hydroxylation sites is 2. The third kappa shape index (κ3) is 9.01. The first-order valence-electron chi connectivity index (χ1n) is 13.9. The lowest BCUT2D eigenvalue weighted by atomic mass is 10.1. The highest BCUT2D eigenvalue weighted by molar-refractivity contribution is 7.92. The average molecular weight is 669 g/mol. The number of rotatable bonds is 14. The van der Waals surface area contributed by atoms with E-state index in [0.717, 1.165) is 4.31 Å². The van der Waals surface area contributed by atoms with Gasteiger partial charge in [-0.15, -0.1) is 0 Å². The van der Waals surface area contributed by atoms with E-state index in [9.17, 15) is 18.0 Å². The Hall–Kier alpha value is -2.98. The first kappa shape index (κ1) is 34.5. The second kappa shape index (κ2) is 15.7. The van der Waals surface area contributed by atoms with Crippen molar-refractivity contribution < 1.29 is 22.7 Å². The zero-order valence-corrected chi connectivity index (χ0v) is 27.6. The van der Waals surface area contributed by atoms with Gasteiger partial charge in [0.1, 0.15) is 18.3 Å². The molecule has 43 heavy (non-hydrogen) atoms. The van der Waals surface area contributed by atoms with Crippen LogP contribution < -0.4 is 14.4 Å². The molecule has 12 heteroatoms. The molecule has 2 amide bonds. The number of ether oxygens (including phenoxy) is 1. The quantitative estimate of drug-likeness (QED) is 0.203. The number of nitrogens with one attached hydrogen (secondary N) is 1. The molecule has 1 N–H and O–H groups in total. The molecule has 232 valence electrons. The molecule has 0 bridgehead atoms. The molecule has 0 radical (unpaired) electrons. The fraction of sp³-hybridized carbons (Fsp3) is 0.355. The first-order chi connectivity index (χ1) is 20.4. The van der Waals surface area contributed by atoms with Crippen molar-refractivity contribution >= 4 is 62.3 Å². The Bertz CT molecular complexity index is 1520. The molecule has 0 aromatic heterocycles. The second-order valence-electron chi connectivity index (χ2n) is 10.2. The molecule has 0 aliphatic heterocycles. The van der Waals surface area contributed by atoms with Crippen LogP contribution in [0.15, 0.2) is 71.6 Å². The van der Waals surface area contributed by atoms with Crippen molar-refractivity contribution in [3.05, 3.63) is 87.4 Å². The van der Waals surface area contributed by atoms with Gasteiger partial charge in [-0.05, 0) is 73.4 Å². The summed E-state index contributed by atoms with van der Waals surface area (Å²) >= 11 is 18.6. The van der Waals surface area contributed by atoms with Crippen LogP contribution in [-0.4, -0.2) is 50.9 Å². The van der Waals surface area contributed by atoms with Crippen LogP contribution in [-0.2, 0) is 26.2 Å². The van der Waals surface area contributed by atoms with E-state index < -0.39 is 28.5 Å². The molecule has 0 saturated heterocycles. The number of carbonyl (C=O) groups excluding carboxylic acids is 2. The Morgan fingerprint density at radius 2 is 1.58 bits per heavy atom. The van der Waals surface area contributed by atoms with Crippen LogP contribution in [0.2, 0.25) is 15.1 Å². The monoisotopic (exact) mass is 667 g/mol. The third-order valence-electron chi connectivity index (χ3n) is 6.54. The number of amides is 2. The lowest BCUT2D eigenvalue weighted by Gasteiger charge is -2.34. The van der Waals surface area contributed by atoms with Gasteiger partial charge < -0.3 is 15.0 Å². The summed E-state index contributed by atoms with van der Waals surface area (Å²) in [5, 5.41) is 3.99. The Balaban J connectivity index is 2.12. The molecule has 0 aliphatic carbocycles. The largest absolute Gasteiger partial charge is 0.492 e. The van der Waals surface area contributed by atoms with E-state index in [2.05, 4.69) is 5.32 Å². The van der Waals surface area contributed by atoms with Crippen LogP contribution in [0, 0.1) is 5.92 Å². The van der Waals surface area contributed by atoms with Crippen molar-refractivity contribution in [3.8, 4) is 5.75 Å². The molecule has 0 spiro atoms. The summed E-state index contributed by atoms with van der Waals surface area (Å²) in [6.45, 7) is 7.51. The number of nitrogens with zero attached hydrogens (tertiary/aromatic N) is 2. The van der Waals surface area contributed by atoms with Crippen LogP contribution >= 0.6 is 34.8 Å². The van der Waals surface area contributed by atoms with Crippen LogP contribution in [0.3, 0.4) is 0 Å². The molecule has 0 heterocycles. The van der Waals surface area contributed by atoms with E-state index in [1.165, 1.54) is 29.2 Å². The number of carbonyl (C=O) groups is 2. The van der Waals surface area contributed by atoms with Crippen LogP contribution in [0.1, 0.15) is 39.7 Å². The minimum absolute atomic E-state index is 0.0512. The number of benzene rings is 3. The molecular formula is C31H36Cl3N3O5S. The van der Waals surface area contributed by atoms with Crippen LogP contribution in [0.5, 0.6) is 5.75 Å². The van der Waals surface area contributed by atoms with Gasteiger partial charge in [0, 0.05) is 28.2 Å². The Kier molecular flexibility index (Phi) is 12.6. The molecule has 3 rings (SSSR count). The fourth-order valence-corrected chi connectivity index (χ4v) is 6.38. The second-order valence-corrected chi connectivity index (χ2v) is 13.3. The predicted molar refractivity (Wildman–Crippen MR) is 173 cm³/mol. The highest BCUT2D eigenvalue weighted by atomic mass is 35.5. The Labute approximate surface area is 268 Å². The summed E-state index contributed by atoms with van der Waals surface area (Å²) in [6.07, 6.45) is 0.278. The summed E-state index contributed by atoms with van der Waals surface area (Å²) in [5.41, 5.74) is 0.728. The van der Waals surface area contributed by atoms with E-state index in [0.29, 0.717) is 27.2 Å². The zero-order chi connectivity index (χ0) is 31.7. The van der Waals surface area contributed by atoms with Crippen molar-refractivity contribution in [2.45, 2.75) is 51.6 Å². The maximum atomic E-state index is 14.3. The maximum absolute atomic E-state index is 14.3. The number of sulfonamides is 1. The summed E-state index contributed by atoms with van der Waals surface area (Å²) in [5.74, 6) is -0.492. The molecule has 0 fully saturated rings. The summed E-state index contributed by atoms with van der Waals surface area (Å²) in [6, 6.07) is 16.2. The molecule has 8 nitrogen and oxygen atoms in total. The van der Waals surface area contributed by atoms with Crippen LogP contribution in [0.4, 0.5) is 5.69 Å². The van der Waals surface area contributed by atoms with Gasteiger partial charge in [-0.2, -0.15) is 0 Å². The van der Waals surface area contributed by atoms with E-state index in [1.54, 1.807) is 56.3 Å². The molecule has 1 atom stereocenters. The Morgan fingerprint density at radius 3 is 2.19 bits per heavy atom. The fourth-order valence-electron chi connectivity index (χ4n) is 4.36. The van der Waals surface area contributed by atoms with Gasteiger partial charge in [0.2, 0.25) is 11.8 Å². The summed E-state index contributed by atoms with van der Waals surface area (Å²) < 4.78 is 34.9. The molecule has 0 saturated carbocycles. The standard InChI is InChI=1S/C31H36Cl3N3O5S/c1-5-27(31(39)35-18-21(3)4)36(19-22-11-12-24(33)17-26(22)34)30(38)20-37(28-9-7-8-10-29(28)42-6-2)43(40,41)25-15-13-23(32)14-16-25/h7-17,21,27H,5-6,18-20H2,1-4H3,(H,35,39)/t27-/m0/s1. The minimum Gasteiger partial charge on any atom is -0.492 e. The van der Waals surface area contributed by atoms with Gasteiger partial charge in [-0.25, -0.2) is 8.42 Å². The lowest BCUT2D eigenvalue weighted by molar-refractivity contribution is -0.140. The molecule has 0 unspecified atom stereocenters. The number of hydrogen-bond acceptors (Lipinski definition) is 5. The van der Waals surface area contributed by atoms with Crippen molar-refractivity contribution in [1.82, 2.24) is 10.2 Å². The SMILES string of the molecule is CCOc1ccccc1N(CC(=O)N(Cc1ccc(Cl)cc1Cl)[C@@H](CC)C(=O)NCC(C)C)S(=O)(=O)c1ccc(Cl)cc1. The van der Waals surface area contributed by atoms with E-state index >= 15 is 0 Å². The zero-order valence-electron chi connectivity index (χ0n) is 24.5. The van der Waals surface area contributed by atoms with Crippen molar-refractivity contribution in [3.63, 3.8) is 0 Å². The molecular weight excluding hydrogens is 633 g/mol. The summed E-state index contributed by atoms with van der Waals surface area (Å²) in [4.78, 5) is 28.9. The number of hydrogen-bond donors (Lipinski definition) is 1. The minimum atomic E-state index is -4.30. The average Bonchev–Trinajstić information content (AvgIpc) is 2.96. The highest BCUT2D eigenvalue weighted by Crippen LogP contribution is 2.33. The van der Waals surface area contributed by atoms with E-state index in [1.807, 2.05) is 13.8 Å². The van der Waals surface area contributed by atoms with Gasteiger partial charge in [-0.3, -0.25) is 13.9 Å². The number of anilines is 1. The maximum Gasteiger partial charge on any atom is 0.264 e. The topological polar surface area (TPSA) is 96.0 Å². The Morgan fingerprint density at radius 1 is 0.930 bits per heavy atom. The molecule has 3 aromatic rings. The first-order valence-corrected chi connectivity index (χ1v) is 16.5. The van der Waals surface area contributed by atoms with Crippen molar-refractivity contribution in [2.24, 2.45) is 5.92 Å². The predicted octanol–water partition coefficient (Wildman–Crippen LogP) is 6.82. The normalized spacial score (nSPS) is 12.1. The van der Waals surface area contributed by atoms with E-state index in [-0.39, 0.29) is 47.7 Å². The van der Waals surface area contributed by atoms with E-state index in [4.69, 9.17) is 39.5 Å². The van der Waals surface area contributed by atoms with Gasteiger partial charge >= 0.3 is 0 Å². The highest BCUT2D eigenvalue weighted by Gasteiger charge is 2.35. The number of halogens is 3. The van der Waals surface area contributed by atoms with Gasteiger partial charge in [0.05, 0.1) is 17.2 Å². The van der Waals surface area contributed by atoms with Gasteiger partial charge in [-0.1, -0.05) is 73.8 Å². The van der Waals surface area contributed by atoms with Crippen molar-refractivity contribution in [1.29, 1.82) is 0 Å². The lowest BCUT2D eigenvalue weighted by Crippen LogP contribution is -2.52. The third-order valence-corrected chi connectivity index (χ3v) is 9.15. The molecule has 0 aliphatic rings. The van der Waals surface area contributed by atoms with Crippen LogP contribution in [0.25, 0.3) is 0 Å². The smallest absolute Gasteiger partial charge is 0.264 e. The van der Waals surface area contributed by atoms with Gasteiger partial charge in [0.15, 0.2) is 0 Å². The molecule has 3 aromatic carbocycles. The van der Waals surface area contributed by atoms with Gasteiger partial charge in [0.25, 0.3) is 10.0 Å². The van der Waals surface area contributed by atoms with Crippen molar-refractivity contribution in [2.75, 3.05) is 24.0 Å². The summed E-state index contributed by atoms with van der Waals surface area (Å²) in [7, 11) is -4.30.